The molecule has 0 aromatic heterocycles. The van der Waals surface area contributed by atoms with Crippen molar-refractivity contribution in [2.75, 3.05) is 7.11 Å². The number of carbonyl (C=O) groups is 1. The Morgan fingerprint density at radius 2 is 2.20 bits per heavy atom. The molecule has 0 fully saturated rings. The molecule has 1 N–H and O–H groups in total. The van der Waals surface area contributed by atoms with Crippen molar-refractivity contribution in [2.45, 2.75) is 0 Å². The van der Waals surface area contributed by atoms with Crippen molar-refractivity contribution < 1.29 is 14.6 Å². The summed E-state index contributed by atoms with van der Waals surface area (Å²) in [6, 6.07) is 4.76. The Labute approximate surface area is 88.3 Å². The number of hydrogen-bond acceptors (Lipinski definition) is 3. The van der Waals surface area contributed by atoms with Gasteiger partial charge in [-0.1, -0.05) is 19.2 Å². The molecule has 15 heavy (non-hydrogen) atoms. The average molecular weight is 204 g/mol. The fraction of sp³-hybridized carbons (Fsp3) is 0.0833. The number of methoxy groups -OCH3 is 1. The molecule has 0 aliphatic rings. The highest BCUT2D eigenvalue weighted by molar-refractivity contribution is 5.91. The van der Waals surface area contributed by atoms with Gasteiger partial charge in [0.15, 0.2) is 0 Å². The summed E-state index contributed by atoms with van der Waals surface area (Å²) >= 11 is 0. The SMILES string of the molecule is C=Cc1cc(C(=O)OC)ccc1C(=C)O. The van der Waals surface area contributed by atoms with Gasteiger partial charge in [0.2, 0.25) is 0 Å². The van der Waals surface area contributed by atoms with Crippen LogP contribution < -0.4 is 0 Å². The van der Waals surface area contributed by atoms with Gasteiger partial charge in [-0.25, -0.2) is 4.79 Å². The minimum absolute atomic E-state index is 0.0543. The third-order valence-corrected chi connectivity index (χ3v) is 2.00. The van der Waals surface area contributed by atoms with E-state index in [-0.39, 0.29) is 5.76 Å². The molecule has 0 unspecified atom stereocenters. The zero-order valence-corrected chi connectivity index (χ0v) is 8.49. The lowest BCUT2D eigenvalue weighted by Crippen LogP contribution is -2.02. The number of aliphatic hydroxyl groups is 1. The van der Waals surface area contributed by atoms with Crippen LogP contribution in [0.3, 0.4) is 0 Å². The van der Waals surface area contributed by atoms with Crippen molar-refractivity contribution in [1.82, 2.24) is 0 Å². The molecule has 1 rings (SSSR count). The first-order valence-corrected chi connectivity index (χ1v) is 4.33. The summed E-state index contributed by atoms with van der Waals surface area (Å²) < 4.78 is 4.58. The molecule has 3 heteroatoms. The maximum Gasteiger partial charge on any atom is 0.337 e. The van der Waals surface area contributed by atoms with Gasteiger partial charge in [-0.05, 0) is 23.8 Å². The Bertz CT molecular complexity index is 419. The first-order valence-electron chi connectivity index (χ1n) is 4.33. The second kappa shape index (κ2) is 4.46. The van der Waals surface area contributed by atoms with Gasteiger partial charge in [-0.2, -0.15) is 0 Å². The van der Waals surface area contributed by atoms with Crippen LogP contribution in [0.4, 0.5) is 0 Å². The van der Waals surface area contributed by atoms with Gasteiger partial charge >= 0.3 is 5.97 Å². The van der Waals surface area contributed by atoms with Gasteiger partial charge < -0.3 is 9.84 Å². The highest BCUT2D eigenvalue weighted by Gasteiger charge is 2.09. The van der Waals surface area contributed by atoms with Crippen molar-refractivity contribution in [3.63, 3.8) is 0 Å². The van der Waals surface area contributed by atoms with Gasteiger partial charge in [-0.3, -0.25) is 0 Å². The fourth-order valence-corrected chi connectivity index (χ4v) is 1.24. The maximum atomic E-state index is 11.2. The number of hydrogen-bond donors (Lipinski definition) is 1. The van der Waals surface area contributed by atoms with E-state index < -0.39 is 5.97 Å². The van der Waals surface area contributed by atoms with E-state index in [4.69, 9.17) is 0 Å². The van der Waals surface area contributed by atoms with Crippen LogP contribution in [-0.2, 0) is 4.74 Å². The van der Waals surface area contributed by atoms with E-state index in [1.807, 2.05) is 0 Å². The summed E-state index contributed by atoms with van der Waals surface area (Å²) in [4.78, 5) is 11.2. The molecule has 0 heterocycles. The van der Waals surface area contributed by atoms with Gasteiger partial charge in [-0.15, -0.1) is 0 Å². The minimum atomic E-state index is -0.423. The third kappa shape index (κ3) is 2.26. The lowest BCUT2D eigenvalue weighted by Gasteiger charge is -2.06. The normalized spacial score (nSPS) is 9.40. The number of aliphatic hydroxyl groups excluding tert-OH is 1. The summed E-state index contributed by atoms with van der Waals surface area (Å²) in [5.74, 6) is -0.477. The number of ether oxygens (including phenoxy) is 1. The number of benzene rings is 1. The van der Waals surface area contributed by atoms with Crippen LogP contribution in [0, 0.1) is 0 Å². The third-order valence-electron chi connectivity index (χ3n) is 2.00. The zero-order valence-electron chi connectivity index (χ0n) is 8.49. The molecule has 0 spiro atoms. The standard InChI is InChI=1S/C12H12O3/c1-4-9-7-10(12(14)15-3)5-6-11(9)8(2)13/h4-7,13H,1-2H2,3H3. The van der Waals surface area contributed by atoms with Crippen molar-refractivity contribution in [2.24, 2.45) is 0 Å². The van der Waals surface area contributed by atoms with Gasteiger partial charge in [0, 0.05) is 5.56 Å². The summed E-state index contributed by atoms with van der Waals surface area (Å²) in [6.45, 7) is 7.02. The number of carbonyl (C=O) groups excluding carboxylic acids is 1. The van der Waals surface area contributed by atoms with Crippen LogP contribution >= 0.6 is 0 Å². The average Bonchev–Trinajstić information content (AvgIpc) is 2.26. The van der Waals surface area contributed by atoms with E-state index in [9.17, 15) is 9.90 Å². The quantitative estimate of drug-likeness (QED) is 0.608. The molecule has 0 aliphatic heterocycles. The number of rotatable bonds is 3. The Balaban J connectivity index is 3.24. The monoisotopic (exact) mass is 204 g/mol. The molecule has 0 atom stereocenters. The highest BCUT2D eigenvalue weighted by Crippen LogP contribution is 2.19. The number of esters is 1. The van der Waals surface area contributed by atoms with Crippen molar-refractivity contribution >= 4 is 17.8 Å². The Morgan fingerprint density at radius 1 is 1.53 bits per heavy atom. The molecular formula is C12H12O3. The highest BCUT2D eigenvalue weighted by atomic mass is 16.5. The smallest absolute Gasteiger partial charge is 0.337 e. The molecule has 0 radical (unpaired) electrons. The van der Waals surface area contributed by atoms with Gasteiger partial charge in [0.05, 0.1) is 12.7 Å². The van der Waals surface area contributed by atoms with E-state index in [1.165, 1.54) is 7.11 Å². The fourth-order valence-electron chi connectivity index (χ4n) is 1.24. The maximum absolute atomic E-state index is 11.2. The molecule has 78 valence electrons. The summed E-state index contributed by atoms with van der Waals surface area (Å²) in [5.41, 5.74) is 1.61. The van der Waals surface area contributed by atoms with Crippen LogP contribution in [0.5, 0.6) is 0 Å². The van der Waals surface area contributed by atoms with Crippen molar-refractivity contribution in [3.8, 4) is 0 Å². The molecule has 1 aromatic carbocycles. The van der Waals surface area contributed by atoms with Crippen LogP contribution in [0.2, 0.25) is 0 Å². The lowest BCUT2D eigenvalue weighted by atomic mass is 10.0. The zero-order chi connectivity index (χ0) is 11.4. The molecule has 0 bridgehead atoms. The lowest BCUT2D eigenvalue weighted by molar-refractivity contribution is 0.0600. The predicted molar refractivity (Wildman–Crippen MR) is 59.5 cm³/mol. The molecule has 0 aliphatic carbocycles. The van der Waals surface area contributed by atoms with Gasteiger partial charge in [0.25, 0.3) is 0 Å². The summed E-state index contributed by atoms with van der Waals surface area (Å²) in [7, 11) is 1.31. The van der Waals surface area contributed by atoms with Crippen molar-refractivity contribution in [3.05, 3.63) is 48.0 Å². The molecule has 0 saturated carbocycles. The van der Waals surface area contributed by atoms with E-state index in [2.05, 4.69) is 17.9 Å². The largest absolute Gasteiger partial charge is 0.508 e. The predicted octanol–water partition coefficient (Wildman–Crippen LogP) is 2.64. The molecular weight excluding hydrogens is 192 g/mol. The van der Waals surface area contributed by atoms with Crippen molar-refractivity contribution in [1.29, 1.82) is 0 Å². The van der Waals surface area contributed by atoms with Crippen LogP contribution in [0.15, 0.2) is 31.4 Å². The van der Waals surface area contributed by atoms with E-state index in [0.717, 1.165) is 0 Å². The van der Waals surface area contributed by atoms with Crippen LogP contribution in [0.25, 0.3) is 11.8 Å². The molecule has 0 amide bonds. The second-order valence-electron chi connectivity index (χ2n) is 2.94. The first kappa shape index (κ1) is 11.0. The molecule has 3 nitrogen and oxygen atoms in total. The molecule has 0 saturated heterocycles. The Kier molecular flexibility index (Phi) is 3.29. The van der Waals surface area contributed by atoms with E-state index in [1.54, 1.807) is 24.3 Å². The topological polar surface area (TPSA) is 46.5 Å². The van der Waals surface area contributed by atoms with Crippen LogP contribution in [-0.4, -0.2) is 18.2 Å². The Morgan fingerprint density at radius 3 is 2.67 bits per heavy atom. The first-order chi connectivity index (χ1) is 7.10. The minimum Gasteiger partial charge on any atom is -0.508 e. The van der Waals surface area contributed by atoms with Crippen LogP contribution in [0.1, 0.15) is 21.5 Å². The van der Waals surface area contributed by atoms with E-state index >= 15 is 0 Å². The Hall–Kier alpha value is -2.03. The van der Waals surface area contributed by atoms with E-state index in [0.29, 0.717) is 16.7 Å². The molecule has 1 aromatic rings. The summed E-state index contributed by atoms with van der Waals surface area (Å²) in [6.07, 6.45) is 1.54. The second-order valence-corrected chi connectivity index (χ2v) is 2.94. The van der Waals surface area contributed by atoms with Gasteiger partial charge in [0.1, 0.15) is 5.76 Å². The summed E-state index contributed by atoms with van der Waals surface area (Å²) in [5, 5.41) is 9.26.